The van der Waals surface area contributed by atoms with Crippen LogP contribution in [0.4, 0.5) is 11.4 Å². The largest absolute Gasteiger partial charge is 0.371 e. The van der Waals surface area contributed by atoms with Gasteiger partial charge in [-0.1, -0.05) is 67.0 Å². The lowest BCUT2D eigenvalue weighted by molar-refractivity contribution is 0.102. The molecule has 1 atom stereocenters. The van der Waals surface area contributed by atoms with E-state index in [-0.39, 0.29) is 11.3 Å². The summed E-state index contributed by atoms with van der Waals surface area (Å²) in [6.45, 7) is 8.87. The summed E-state index contributed by atoms with van der Waals surface area (Å²) in [5.41, 5.74) is 5.66. The van der Waals surface area contributed by atoms with Crippen molar-refractivity contribution in [2.75, 3.05) is 23.3 Å². The highest BCUT2D eigenvalue weighted by molar-refractivity contribution is 9.10. The number of amides is 1. The number of piperidine rings is 1. The molecule has 1 aliphatic rings. The van der Waals surface area contributed by atoms with Gasteiger partial charge in [-0.15, -0.1) is 0 Å². The van der Waals surface area contributed by atoms with Crippen LogP contribution in [0.5, 0.6) is 0 Å². The summed E-state index contributed by atoms with van der Waals surface area (Å²) in [7, 11) is 0. The van der Waals surface area contributed by atoms with E-state index in [1.807, 2.05) is 36.4 Å². The molecule has 1 aliphatic heterocycles. The fourth-order valence-corrected chi connectivity index (χ4v) is 4.73. The minimum atomic E-state index is -0.101. The van der Waals surface area contributed by atoms with E-state index in [0.29, 0.717) is 11.5 Å². The number of halogens is 1. The zero-order chi connectivity index (χ0) is 22.7. The summed E-state index contributed by atoms with van der Waals surface area (Å²) < 4.78 is 0.896. The van der Waals surface area contributed by atoms with Crippen LogP contribution in [0.15, 0.2) is 77.3 Å². The van der Waals surface area contributed by atoms with E-state index in [1.54, 1.807) is 0 Å². The Morgan fingerprint density at radius 2 is 1.72 bits per heavy atom. The van der Waals surface area contributed by atoms with Crippen LogP contribution >= 0.6 is 15.9 Å². The summed E-state index contributed by atoms with van der Waals surface area (Å²) in [6, 6.07) is 24.8. The van der Waals surface area contributed by atoms with E-state index in [2.05, 4.69) is 83.3 Å². The van der Waals surface area contributed by atoms with Crippen LogP contribution < -0.4 is 10.2 Å². The Balaban J connectivity index is 1.41. The highest BCUT2D eigenvalue weighted by Crippen LogP contribution is 2.32. The molecule has 1 amide bonds. The molecule has 1 fully saturated rings. The topological polar surface area (TPSA) is 32.3 Å². The molecule has 0 radical (unpaired) electrons. The number of hydrogen-bond acceptors (Lipinski definition) is 2. The lowest BCUT2D eigenvalue weighted by Crippen LogP contribution is -2.34. The van der Waals surface area contributed by atoms with Crippen molar-refractivity contribution in [2.24, 2.45) is 0 Å². The van der Waals surface area contributed by atoms with Gasteiger partial charge < -0.3 is 10.2 Å². The molecule has 166 valence electrons. The molecule has 3 nitrogen and oxygen atoms in total. The molecule has 4 rings (SSSR count). The van der Waals surface area contributed by atoms with Gasteiger partial charge in [-0.2, -0.15) is 0 Å². The molecule has 0 aliphatic carbocycles. The van der Waals surface area contributed by atoms with Gasteiger partial charge in [0.2, 0.25) is 0 Å². The molecule has 32 heavy (non-hydrogen) atoms. The smallest absolute Gasteiger partial charge is 0.255 e. The molecule has 1 heterocycles. The normalized spacial score (nSPS) is 16.6. The van der Waals surface area contributed by atoms with Crippen LogP contribution in [0.25, 0.3) is 0 Å². The molecule has 1 unspecified atom stereocenters. The average molecular weight is 491 g/mol. The van der Waals surface area contributed by atoms with Crippen LogP contribution in [0.3, 0.4) is 0 Å². The molecule has 1 saturated heterocycles. The second-order valence-corrected chi connectivity index (χ2v) is 10.6. The second kappa shape index (κ2) is 9.50. The zero-order valence-corrected chi connectivity index (χ0v) is 20.7. The minimum absolute atomic E-state index is 0.101. The fourth-order valence-electron chi connectivity index (χ4n) is 4.33. The highest BCUT2D eigenvalue weighted by Gasteiger charge is 2.22. The first kappa shape index (κ1) is 22.6. The van der Waals surface area contributed by atoms with Gasteiger partial charge >= 0.3 is 0 Å². The van der Waals surface area contributed by atoms with Crippen LogP contribution in [-0.2, 0) is 5.41 Å². The van der Waals surface area contributed by atoms with E-state index < -0.39 is 0 Å². The van der Waals surface area contributed by atoms with Crippen molar-refractivity contribution in [1.29, 1.82) is 0 Å². The van der Waals surface area contributed by atoms with Gasteiger partial charge in [-0.3, -0.25) is 4.79 Å². The summed E-state index contributed by atoms with van der Waals surface area (Å²) in [4.78, 5) is 15.0. The number of nitrogens with zero attached hydrogens (tertiary/aromatic N) is 1. The molecule has 0 spiro atoms. The second-order valence-electron chi connectivity index (χ2n) is 9.67. The number of rotatable bonds is 4. The highest BCUT2D eigenvalue weighted by atomic mass is 79.9. The van der Waals surface area contributed by atoms with E-state index in [1.165, 1.54) is 29.7 Å². The summed E-state index contributed by atoms with van der Waals surface area (Å²) in [6.07, 6.45) is 2.42. The van der Waals surface area contributed by atoms with Crippen molar-refractivity contribution >= 4 is 33.2 Å². The predicted molar refractivity (Wildman–Crippen MR) is 138 cm³/mol. The Morgan fingerprint density at radius 1 is 1.00 bits per heavy atom. The maximum atomic E-state index is 12.5. The molecule has 3 aromatic rings. The monoisotopic (exact) mass is 490 g/mol. The lowest BCUT2D eigenvalue weighted by Gasteiger charge is -2.35. The minimum Gasteiger partial charge on any atom is -0.371 e. The lowest BCUT2D eigenvalue weighted by atomic mass is 9.84. The standard InChI is InChI=1S/C28H31BrN2O/c1-28(2,3)23-11-9-20(10-12-23)22-7-5-17-31(19-22)26-15-13-25(14-16-26)30-27(32)21-6-4-8-24(29)18-21/h4,6,8-16,18,22H,5,7,17,19H2,1-3H3,(H,30,32). The SMILES string of the molecule is CC(C)(C)c1ccc(C2CCCN(c3ccc(NC(=O)c4cccc(Br)c4)cc3)C2)cc1. The number of nitrogens with one attached hydrogen (secondary N) is 1. The van der Waals surface area contributed by atoms with Crippen LogP contribution in [0.1, 0.15) is 61.0 Å². The van der Waals surface area contributed by atoms with Gasteiger partial charge in [0, 0.05) is 40.4 Å². The maximum Gasteiger partial charge on any atom is 0.255 e. The van der Waals surface area contributed by atoms with Crippen molar-refractivity contribution in [3.63, 3.8) is 0 Å². The van der Waals surface area contributed by atoms with Gasteiger partial charge in [-0.25, -0.2) is 0 Å². The van der Waals surface area contributed by atoms with Crippen molar-refractivity contribution in [3.8, 4) is 0 Å². The van der Waals surface area contributed by atoms with E-state index >= 15 is 0 Å². The van der Waals surface area contributed by atoms with Gasteiger partial charge in [0.25, 0.3) is 5.91 Å². The number of carbonyl (C=O) groups excluding carboxylic acids is 1. The number of carbonyl (C=O) groups is 1. The predicted octanol–water partition coefficient (Wildman–Crippen LogP) is 7.38. The maximum absolute atomic E-state index is 12.5. The average Bonchev–Trinajstić information content (AvgIpc) is 2.79. The number of anilines is 2. The van der Waals surface area contributed by atoms with Crippen LogP contribution in [0.2, 0.25) is 0 Å². The molecule has 0 aromatic heterocycles. The van der Waals surface area contributed by atoms with E-state index in [0.717, 1.165) is 23.2 Å². The third-order valence-corrected chi connectivity index (χ3v) is 6.74. The Morgan fingerprint density at radius 3 is 2.38 bits per heavy atom. The quantitative estimate of drug-likeness (QED) is 0.413. The van der Waals surface area contributed by atoms with Crippen molar-refractivity contribution in [3.05, 3.63) is 94.0 Å². The Hall–Kier alpha value is -2.59. The number of benzene rings is 3. The van der Waals surface area contributed by atoms with Crippen LogP contribution in [-0.4, -0.2) is 19.0 Å². The first-order valence-electron chi connectivity index (χ1n) is 11.3. The van der Waals surface area contributed by atoms with Gasteiger partial charge in [-0.05, 0) is 71.8 Å². The summed E-state index contributed by atoms with van der Waals surface area (Å²) in [5.74, 6) is 0.449. The van der Waals surface area contributed by atoms with Gasteiger partial charge in [0.15, 0.2) is 0 Å². The van der Waals surface area contributed by atoms with E-state index in [4.69, 9.17) is 0 Å². The Labute approximate surface area is 200 Å². The molecule has 0 saturated carbocycles. The van der Waals surface area contributed by atoms with Crippen molar-refractivity contribution in [1.82, 2.24) is 0 Å². The molecular weight excluding hydrogens is 460 g/mol. The Bertz CT molecular complexity index is 1070. The molecule has 1 N–H and O–H groups in total. The Kier molecular flexibility index (Phi) is 6.71. The van der Waals surface area contributed by atoms with Crippen molar-refractivity contribution < 1.29 is 4.79 Å². The van der Waals surface area contributed by atoms with E-state index in [9.17, 15) is 4.79 Å². The first-order chi connectivity index (χ1) is 15.3. The zero-order valence-electron chi connectivity index (χ0n) is 19.1. The fraction of sp³-hybridized carbons (Fsp3) is 0.321. The molecule has 0 bridgehead atoms. The van der Waals surface area contributed by atoms with Gasteiger partial charge in [0.1, 0.15) is 0 Å². The van der Waals surface area contributed by atoms with Crippen molar-refractivity contribution in [2.45, 2.75) is 44.9 Å². The molecule has 4 heteroatoms. The third kappa shape index (κ3) is 5.42. The first-order valence-corrected chi connectivity index (χ1v) is 12.1. The number of hydrogen-bond donors (Lipinski definition) is 1. The summed E-state index contributed by atoms with van der Waals surface area (Å²) >= 11 is 3.42. The van der Waals surface area contributed by atoms with Gasteiger partial charge in [0.05, 0.1) is 0 Å². The molecule has 3 aromatic carbocycles. The summed E-state index contributed by atoms with van der Waals surface area (Å²) in [5, 5.41) is 2.99. The molecular formula is C28H31BrN2O. The van der Waals surface area contributed by atoms with Crippen LogP contribution in [0, 0.1) is 0 Å². The third-order valence-electron chi connectivity index (χ3n) is 6.25.